The van der Waals surface area contributed by atoms with Gasteiger partial charge in [0.05, 0.1) is 5.69 Å². The summed E-state index contributed by atoms with van der Waals surface area (Å²) in [6.45, 7) is 9.04. The second-order valence-corrected chi connectivity index (χ2v) is 12.2. The molecule has 41 heavy (non-hydrogen) atoms. The average molecular weight is 563 g/mol. The van der Waals surface area contributed by atoms with Gasteiger partial charge in [-0.2, -0.15) is 0 Å². The largest absolute Gasteiger partial charge is 0.333 e. The number of rotatable bonds is 4. The second kappa shape index (κ2) is 10.0. The predicted octanol–water partition coefficient (Wildman–Crippen LogP) is 4.81. The van der Waals surface area contributed by atoms with Crippen LogP contribution in [0.3, 0.4) is 0 Å². The van der Waals surface area contributed by atoms with Crippen molar-refractivity contribution in [2.24, 2.45) is 11.8 Å². The number of hydrogen-bond acceptors (Lipinski definition) is 5. The lowest BCUT2D eigenvalue weighted by Crippen LogP contribution is -2.56. The summed E-state index contributed by atoms with van der Waals surface area (Å²) in [7, 11) is 1.73. The summed E-state index contributed by atoms with van der Waals surface area (Å²) in [5.41, 5.74) is 4.13. The molecule has 2 fully saturated rings. The number of aryl methyl sites for hydroxylation is 1. The Morgan fingerprint density at radius 2 is 1.68 bits per heavy atom. The van der Waals surface area contributed by atoms with Gasteiger partial charge in [0.1, 0.15) is 0 Å². The molecule has 10 heteroatoms. The van der Waals surface area contributed by atoms with Crippen molar-refractivity contribution in [3.63, 3.8) is 0 Å². The number of aromatic nitrogens is 3. The van der Waals surface area contributed by atoms with Crippen LogP contribution in [0.15, 0.2) is 42.5 Å². The third-order valence-electron chi connectivity index (χ3n) is 8.82. The van der Waals surface area contributed by atoms with E-state index < -0.39 is 11.8 Å². The Kier molecular flexibility index (Phi) is 6.71. The molecular weight excluding hydrogens is 526 g/mol. The summed E-state index contributed by atoms with van der Waals surface area (Å²) >= 11 is 0. The molecule has 6 rings (SSSR count). The number of piperazine rings is 1. The number of alkyl halides is 2. The zero-order valence-electron chi connectivity index (χ0n) is 24.1. The fourth-order valence-corrected chi connectivity index (χ4v) is 6.83. The number of anilines is 1. The standard InChI is InChI=1S/C31H36F2N6O2/c1-17-6-9-23(10-7-17)39-28(35-27(36-39)30(41)38-15-18(2)34-19(3)16-38)21-8-11-25-24(12-21)26(20(4)29(40)37(25)5)22-13-31(32,33)14-22/h6-12,18-20,22,26,34H,13-16H2,1-5H3/t18-,19+,20-,26?/m0/s1. The number of nitrogens with zero attached hydrogens (tertiary/aromatic N) is 5. The van der Waals surface area contributed by atoms with Crippen molar-refractivity contribution in [3.8, 4) is 17.1 Å². The van der Waals surface area contributed by atoms with E-state index in [0.717, 1.165) is 22.5 Å². The van der Waals surface area contributed by atoms with E-state index >= 15 is 0 Å². The highest BCUT2D eigenvalue weighted by Crippen LogP contribution is 2.55. The molecule has 3 heterocycles. The highest BCUT2D eigenvalue weighted by Gasteiger charge is 2.52. The first kappa shape index (κ1) is 27.5. The van der Waals surface area contributed by atoms with Gasteiger partial charge in [-0.3, -0.25) is 9.59 Å². The highest BCUT2D eigenvalue weighted by atomic mass is 19.3. The zero-order valence-corrected chi connectivity index (χ0v) is 24.1. The molecule has 0 radical (unpaired) electrons. The van der Waals surface area contributed by atoms with Crippen LogP contribution in [0.5, 0.6) is 0 Å². The number of fused-ring (bicyclic) bond motifs is 1. The number of hydrogen-bond donors (Lipinski definition) is 1. The van der Waals surface area contributed by atoms with Gasteiger partial charge in [0.2, 0.25) is 17.7 Å². The van der Waals surface area contributed by atoms with Gasteiger partial charge < -0.3 is 15.1 Å². The fourth-order valence-electron chi connectivity index (χ4n) is 6.83. The number of carbonyl (C=O) groups excluding carboxylic acids is 2. The first-order valence-corrected chi connectivity index (χ1v) is 14.3. The van der Waals surface area contributed by atoms with Gasteiger partial charge in [-0.15, -0.1) is 5.10 Å². The predicted molar refractivity (Wildman–Crippen MR) is 152 cm³/mol. The molecule has 3 aliphatic rings. The summed E-state index contributed by atoms with van der Waals surface area (Å²) in [6, 6.07) is 13.8. The topological polar surface area (TPSA) is 83.4 Å². The average Bonchev–Trinajstić information content (AvgIpc) is 3.35. The van der Waals surface area contributed by atoms with Crippen LogP contribution in [-0.2, 0) is 4.79 Å². The van der Waals surface area contributed by atoms with E-state index in [0.29, 0.717) is 24.5 Å². The number of halogens is 2. The molecule has 0 spiro atoms. The smallest absolute Gasteiger partial charge is 0.293 e. The third-order valence-corrected chi connectivity index (χ3v) is 8.82. The lowest BCUT2D eigenvalue weighted by Gasteiger charge is -2.46. The van der Waals surface area contributed by atoms with Crippen molar-refractivity contribution < 1.29 is 18.4 Å². The van der Waals surface area contributed by atoms with Gasteiger partial charge in [0, 0.05) is 68.1 Å². The summed E-state index contributed by atoms with van der Waals surface area (Å²) in [4.78, 5) is 34.9. The molecule has 1 aromatic heterocycles. The minimum absolute atomic E-state index is 0.0688. The molecule has 1 saturated carbocycles. The lowest BCUT2D eigenvalue weighted by molar-refractivity contribution is -0.134. The Hall–Kier alpha value is -3.66. The van der Waals surface area contributed by atoms with E-state index in [9.17, 15) is 18.4 Å². The molecule has 0 bridgehead atoms. The molecular formula is C31H36F2N6O2. The van der Waals surface area contributed by atoms with Crippen molar-refractivity contribution in [1.29, 1.82) is 0 Å². The molecule has 2 amide bonds. The molecule has 216 valence electrons. The van der Waals surface area contributed by atoms with E-state index in [4.69, 9.17) is 10.1 Å². The summed E-state index contributed by atoms with van der Waals surface area (Å²) in [5, 5.41) is 8.14. The normalized spacial score (nSPS) is 26.1. The SMILES string of the molecule is Cc1ccc(-n2nc(C(=O)N3C[C@@H](C)N[C@@H](C)C3)nc2-c2ccc3c(c2)C(C2CC(F)(F)C2)[C@H](C)C(=O)N3C)cc1. The van der Waals surface area contributed by atoms with Crippen molar-refractivity contribution in [2.75, 3.05) is 25.0 Å². The molecule has 8 nitrogen and oxygen atoms in total. The summed E-state index contributed by atoms with van der Waals surface area (Å²) in [5.74, 6) is -3.42. The van der Waals surface area contributed by atoms with E-state index in [1.165, 1.54) is 0 Å². The maximum Gasteiger partial charge on any atom is 0.293 e. The monoisotopic (exact) mass is 562 g/mol. The maximum absolute atomic E-state index is 14.0. The summed E-state index contributed by atoms with van der Waals surface area (Å²) in [6.07, 6.45) is -0.440. The van der Waals surface area contributed by atoms with Crippen LogP contribution in [0, 0.1) is 18.8 Å². The Labute approximate surface area is 238 Å². The van der Waals surface area contributed by atoms with E-state index in [-0.39, 0.29) is 54.4 Å². The Morgan fingerprint density at radius 1 is 1.02 bits per heavy atom. The van der Waals surface area contributed by atoms with Crippen molar-refractivity contribution in [1.82, 2.24) is 25.0 Å². The van der Waals surface area contributed by atoms with Crippen LogP contribution < -0.4 is 10.2 Å². The summed E-state index contributed by atoms with van der Waals surface area (Å²) < 4.78 is 29.6. The van der Waals surface area contributed by atoms with E-state index in [2.05, 4.69) is 5.32 Å². The van der Waals surface area contributed by atoms with Crippen molar-refractivity contribution in [2.45, 2.75) is 64.5 Å². The van der Waals surface area contributed by atoms with Gasteiger partial charge in [0.25, 0.3) is 5.91 Å². The fraction of sp³-hybridized carbons (Fsp3) is 0.484. The van der Waals surface area contributed by atoms with Crippen LogP contribution in [0.25, 0.3) is 17.1 Å². The zero-order chi connectivity index (χ0) is 29.2. The minimum Gasteiger partial charge on any atom is -0.333 e. The Bertz CT molecular complexity index is 1480. The molecule has 2 aliphatic heterocycles. The first-order valence-electron chi connectivity index (χ1n) is 14.3. The van der Waals surface area contributed by atoms with Crippen LogP contribution in [0.2, 0.25) is 0 Å². The molecule has 4 atom stereocenters. The van der Waals surface area contributed by atoms with Crippen LogP contribution >= 0.6 is 0 Å². The van der Waals surface area contributed by atoms with Gasteiger partial charge in [0.15, 0.2) is 5.82 Å². The highest BCUT2D eigenvalue weighted by molar-refractivity contribution is 5.99. The third kappa shape index (κ3) is 4.92. The first-order chi connectivity index (χ1) is 19.4. The van der Waals surface area contributed by atoms with Crippen LogP contribution in [0.4, 0.5) is 14.5 Å². The molecule has 1 N–H and O–H groups in total. The second-order valence-electron chi connectivity index (χ2n) is 12.2. The van der Waals surface area contributed by atoms with E-state index in [1.54, 1.807) is 21.5 Å². The molecule has 1 saturated heterocycles. The Morgan fingerprint density at radius 3 is 2.32 bits per heavy atom. The van der Waals surface area contributed by atoms with Gasteiger partial charge in [-0.05, 0) is 62.6 Å². The number of amides is 2. The maximum atomic E-state index is 14.0. The Balaban J connectivity index is 1.45. The van der Waals surface area contributed by atoms with Crippen LogP contribution in [0.1, 0.15) is 61.3 Å². The van der Waals surface area contributed by atoms with Gasteiger partial charge >= 0.3 is 0 Å². The molecule has 2 aromatic carbocycles. The number of carbonyl (C=O) groups is 2. The van der Waals surface area contributed by atoms with Crippen molar-refractivity contribution in [3.05, 3.63) is 59.4 Å². The lowest BCUT2D eigenvalue weighted by atomic mass is 9.64. The van der Waals surface area contributed by atoms with Gasteiger partial charge in [-0.1, -0.05) is 24.6 Å². The number of nitrogens with one attached hydrogen (secondary N) is 1. The molecule has 1 unspecified atom stereocenters. The molecule has 1 aliphatic carbocycles. The van der Waals surface area contributed by atoms with E-state index in [1.807, 2.05) is 70.2 Å². The van der Waals surface area contributed by atoms with Gasteiger partial charge in [-0.25, -0.2) is 18.4 Å². The van der Waals surface area contributed by atoms with Crippen molar-refractivity contribution >= 4 is 17.5 Å². The quantitative estimate of drug-likeness (QED) is 0.494. The molecule has 3 aromatic rings. The number of benzene rings is 2. The van der Waals surface area contributed by atoms with Crippen LogP contribution in [-0.4, -0.2) is 69.6 Å². The minimum atomic E-state index is -2.69.